The van der Waals surface area contributed by atoms with Crippen molar-refractivity contribution in [1.29, 1.82) is 0 Å². The maximum Gasteiger partial charge on any atom is 1.00 e. The molecule has 136 valence electrons. The van der Waals surface area contributed by atoms with E-state index in [4.69, 9.17) is 0 Å². The second-order valence-electron chi connectivity index (χ2n) is 6.24. The molecule has 7 heteroatoms. The minimum atomic E-state index is -3.79. The molecule has 0 aliphatic rings. The van der Waals surface area contributed by atoms with E-state index < -0.39 is 6.72 Å². The first-order valence-electron chi connectivity index (χ1n) is 8.62. The van der Waals surface area contributed by atoms with Crippen LogP contribution in [-0.4, -0.2) is 4.98 Å². The molecule has 4 rings (SSSR count). The van der Waals surface area contributed by atoms with Crippen molar-refractivity contribution in [1.82, 2.24) is 10.1 Å². The summed E-state index contributed by atoms with van der Waals surface area (Å²) < 4.78 is 12.5. The van der Waals surface area contributed by atoms with Crippen molar-refractivity contribution in [3.63, 3.8) is 0 Å². The number of hydrogen-bond acceptors (Lipinski definition) is 4. The molecule has 3 aromatic carbocycles. The summed E-state index contributed by atoms with van der Waals surface area (Å²) in [6.45, 7) is -3.51. The van der Waals surface area contributed by atoms with Crippen LogP contribution in [0.15, 0.2) is 79.0 Å². The molecule has 28 heavy (non-hydrogen) atoms. The summed E-state index contributed by atoms with van der Waals surface area (Å²) in [7, 11) is 0. The maximum atomic E-state index is 12.5. The average Bonchev–Trinajstić information content (AvgIpc) is 2.71. The fraction of sp³-hybridized carbons (Fsp3) is 0.0952. The van der Waals surface area contributed by atoms with Crippen LogP contribution in [0.2, 0.25) is 0 Å². The van der Waals surface area contributed by atoms with Crippen molar-refractivity contribution in [3.05, 3.63) is 90.1 Å². The van der Waals surface area contributed by atoms with Gasteiger partial charge in [-0.05, 0) is 28.0 Å². The summed E-state index contributed by atoms with van der Waals surface area (Å²) in [4.78, 5) is 16.9. The number of aromatic nitrogens is 1. The van der Waals surface area contributed by atoms with Gasteiger partial charge in [0.1, 0.15) is 6.72 Å². The van der Waals surface area contributed by atoms with Gasteiger partial charge in [-0.1, -0.05) is 78.1 Å². The number of para-hydroxylation sites is 1. The number of nitrogens with one attached hydrogen (secondary N) is 1. The van der Waals surface area contributed by atoms with Gasteiger partial charge in [0.05, 0.1) is 5.52 Å². The molecule has 0 spiro atoms. The number of benzene rings is 3. The summed E-state index contributed by atoms with van der Waals surface area (Å²) in [6.07, 6.45) is 1.73. The quantitative estimate of drug-likeness (QED) is 0.384. The third-order valence-corrected chi connectivity index (χ3v) is 7.57. The van der Waals surface area contributed by atoms with Crippen LogP contribution in [0.5, 0.6) is 0 Å². The second kappa shape index (κ2) is 9.55. The van der Waals surface area contributed by atoms with Gasteiger partial charge < -0.3 is 9.46 Å². The maximum absolute atomic E-state index is 12.5. The number of pyridine rings is 1. The van der Waals surface area contributed by atoms with Gasteiger partial charge in [-0.15, -0.1) is 0 Å². The molecule has 4 aromatic rings. The van der Waals surface area contributed by atoms with Gasteiger partial charge in [0, 0.05) is 23.9 Å². The van der Waals surface area contributed by atoms with Crippen LogP contribution in [0, 0.1) is 0 Å². The van der Waals surface area contributed by atoms with Crippen LogP contribution in [-0.2, 0) is 16.9 Å². The Morgan fingerprint density at radius 2 is 1.57 bits per heavy atom. The molecule has 0 radical (unpaired) electrons. The summed E-state index contributed by atoms with van der Waals surface area (Å²) in [5.74, 6) is 0.359. The van der Waals surface area contributed by atoms with Crippen LogP contribution in [0.3, 0.4) is 0 Å². The third kappa shape index (κ3) is 5.05. The smallest absolute Gasteiger partial charge is 0.780 e. The van der Waals surface area contributed by atoms with E-state index in [2.05, 4.69) is 10.1 Å². The SMILES string of the molecule is O=P([O-])(NCc1cccc2ccccc12)SCc1cccc2cccnc12.[Na+]. The molecule has 1 unspecified atom stereocenters. The van der Waals surface area contributed by atoms with Crippen molar-refractivity contribution in [2.75, 3.05) is 0 Å². The molecule has 4 nitrogen and oxygen atoms in total. The number of fused-ring (bicyclic) bond motifs is 2. The van der Waals surface area contributed by atoms with E-state index in [1.165, 1.54) is 0 Å². The Balaban J connectivity index is 0.00000225. The van der Waals surface area contributed by atoms with Gasteiger partial charge in [-0.3, -0.25) is 10.1 Å². The van der Waals surface area contributed by atoms with E-state index in [9.17, 15) is 9.46 Å². The van der Waals surface area contributed by atoms with Gasteiger partial charge in [0.25, 0.3) is 0 Å². The minimum Gasteiger partial charge on any atom is -0.780 e. The molecule has 0 aliphatic carbocycles. The molecule has 0 saturated carbocycles. The second-order valence-corrected chi connectivity index (χ2v) is 10.3. The molecule has 0 bridgehead atoms. The zero-order chi connectivity index (χ0) is 18.7. The average molecular weight is 416 g/mol. The van der Waals surface area contributed by atoms with E-state index in [0.29, 0.717) is 5.75 Å². The number of hydrogen-bond donors (Lipinski definition) is 1. The zero-order valence-electron chi connectivity index (χ0n) is 15.5. The van der Waals surface area contributed by atoms with Crippen LogP contribution >= 0.6 is 18.1 Å². The topological polar surface area (TPSA) is 65.0 Å². The van der Waals surface area contributed by atoms with Crippen molar-refractivity contribution < 1.29 is 39.0 Å². The van der Waals surface area contributed by atoms with Crippen molar-refractivity contribution >= 4 is 39.8 Å². The van der Waals surface area contributed by atoms with Crippen molar-refractivity contribution in [3.8, 4) is 0 Å². The molecule has 1 aromatic heterocycles. The molecule has 1 heterocycles. The molecule has 1 N–H and O–H groups in total. The predicted octanol–water partition coefficient (Wildman–Crippen LogP) is 1.88. The van der Waals surface area contributed by atoms with E-state index in [1.54, 1.807) is 6.20 Å². The van der Waals surface area contributed by atoms with Crippen LogP contribution < -0.4 is 39.5 Å². The summed E-state index contributed by atoms with van der Waals surface area (Å²) in [5.41, 5.74) is 2.74. The number of rotatable bonds is 6. The van der Waals surface area contributed by atoms with Crippen LogP contribution in [0.25, 0.3) is 21.7 Å². The van der Waals surface area contributed by atoms with Gasteiger partial charge in [0.15, 0.2) is 0 Å². The van der Waals surface area contributed by atoms with Crippen LogP contribution in [0.1, 0.15) is 11.1 Å². The molecule has 0 amide bonds. The van der Waals surface area contributed by atoms with E-state index in [0.717, 1.165) is 44.2 Å². The normalized spacial score (nSPS) is 13.2. The van der Waals surface area contributed by atoms with Crippen LogP contribution in [0.4, 0.5) is 0 Å². The van der Waals surface area contributed by atoms with Gasteiger partial charge in [-0.2, -0.15) is 0 Å². The van der Waals surface area contributed by atoms with E-state index in [1.807, 2.05) is 72.8 Å². The molecule has 0 aliphatic heterocycles. The van der Waals surface area contributed by atoms with Gasteiger partial charge >= 0.3 is 29.6 Å². The fourth-order valence-corrected chi connectivity index (χ4v) is 5.50. The molecule has 1 atom stereocenters. The molecule has 0 saturated heterocycles. The van der Waals surface area contributed by atoms with Gasteiger partial charge in [-0.25, -0.2) is 0 Å². The van der Waals surface area contributed by atoms with Crippen molar-refractivity contribution in [2.45, 2.75) is 12.3 Å². The zero-order valence-corrected chi connectivity index (χ0v) is 19.2. The van der Waals surface area contributed by atoms with Gasteiger partial charge in [0.2, 0.25) is 0 Å². The minimum absolute atomic E-state index is 0. The summed E-state index contributed by atoms with van der Waals surface area (Å²) in [6, 6.07) is 23.6. The first kappa shape index (κ1) is 21.5. The van der Waals surface area contributed by atoms with E-state index >= 15 is 0 Å². The molecular weight excluding hydrogens is 398 g/mol. The standard InChI is InChI=1S/C21H19N2O2PS.Na/c24-26(25,23-14-18-9-3-7-16-6-1-2-12-20(16)18)27-15-19-10-4-8-17-11-5-13-22-21(17)19;/h1-13H,14-15H2,(H2,23,24,25);/q;+1/p-1. The Kier molecular flexibility index (Phi) is 7.35. The first-order chi connectivity index (χ1) is 13.1. The first-order valence-corrected chi connectivity index (χ1v) is 11.8. The monoisotopic (exact) mass is 416 g/mol. The molecule has 0 fully saturated rings. The summed E-state index contributed by atoms with van der Waals surface area (Å²) in [5, 5.41) is 5.91. The third-order valence-electron chi connectivity index (χ3n) is 4.45. The summed E-state index contributed by atoms with van der Waals surface area (Å²) >= 11 is 0.920. The largest absolute Gasteiger partial charge is 1.00 e. The van der Waals surface area contributed by atoms with Crippen molar-refractivity contribution in [2.24, 2.45) is 0 Å². The number of nitrogens with zero attached hydrogens (tertiary/aromatic N) is 1. The Bertz CT molecular complexity index is 1060. The Hall–Kier alpha value is -1.17. The predicted molar refractivity (Wildman–Crippen MR) is 111 cm³/mol. The van der Waals surface area contributed by atoms with E-state index in [-0.39, 0.29) is 36.1 Å². The Labute approximate surface area is 190 Å². The Morgan fingerprint density at radius 1 is 0.893 bits per heavy atom. The fourth-order valence-electron chi connectivity index (χ4n) is 3.11. The molecular formula is C21H18N2NaO2PS. The Morgan fingerprint density at radius 3 is 2.43 bits per heavy atom.